The van der Waals surface area contributed by atoms with Gasteiger partial charge in [0, 0.05) is 72.2 Å². The molecule has 0 aliphatic heterocycles. The Morgan fingerprint density at radius 3 is 1.32 bits per heavy atom. The van der Waals surface area contributed by atoms with Gasteiger partial charge < -0.3 is 78.9 Å². The van der Waals surface area contributed by atoms with Crippen molar-refractivity contribution in [3.63, 3.8) is 0 Å². The average Bonchev–Trinajstić information content (AvgIpc) is 1.61. The Labute approximate surface area is 703 Å². The second-order valence-corrected chi connectivity index (χ2v) is 28.5. The summed E-state index contributed by atoms with van der Waals surface area (Å²) in [4.78, 5) is 113. The molecule has 0 aliphatic carbocycles. The first-order valence-electron chi connectivity index (χ1n) is 32.2. The summed E-state index contributed by atoms with van der Waals surface area (Å²) in [7, 11) is -7.45. The fourth-order valence-electron chi connectivity index (χ4n) is 9.15. The largest absolute Gasteiger partial charge is 1.00 e. The number of hydrogen-bond donors (Lipinski definition) is 1. The molecule has 600 valence electrons. The number of alkyl halides is 1. The van der Waals surface area contributed by atoms with Gasteiger partial charge >= 0.3 is 65.4 Å². The molecule has 33 nitrogen and oxygen atoms in total. The molecule has 10 aromatic rings. The number of nitrogens with two attached hydrogens (primary N) is 1. The molecule has 10 heterocycles. The summed E-state index contributed by atoms with van der Waals surface area (Å²) in [5, 5.41) is 24.9. The monoisotopic (exact) mass is 1800 g/mol. The van der Waals surface area contributed by atoms with Crippen molar-refractivity contribution >= 4 is 158 Å². The minimum Gasteiger partial charge on any atom is -1.00 e. The predicted octanol–water partition coefficient (Wildman–Crippen LogP) is 7.70. The smallest absolute Gasteiger partial charge is 1.00 e. The number of ether oxygens (including phenoxy) is 6. The van der Waals surface area contributed by atoms with E-state index in [1.807, 2.05) is 109 Å². The number of nitrogen functional groups attached to an aromatic ring is 1. The van der Waals surface area contributed by atoms with Crippen LogP contribution in [0.25, 0.3) is 22.1 Å². The molecule has 0 fully saturated rings. The van der Waals surface area contributed by atoms with Crippen molar-refractivity contribution in [3.05, 3.63) is 228 Å². The van der Waals surface area contributed by atoms with Crippen LogP contribution in [0, 0.1) is 30.0 Å². The SMILES string of the molecule is CCOC(=O)CBr.CCOC(=O)C[n+]1ccccc1.CCOC(=O)c1c(S(C)(=O)=O)c(N)c2ccccn12.CCOC(=O)c1c(S(C)(=O)=O)c(N=O)c2ccccn12.CCOC(=O)c1c(SC)c(N=O)c2ccccn12.CCOC(=O)c1c(SC)cc2ccccn12.CSC(=C[N+](=O)[O-])SC.O=N[O-].[Br-].[Na+].c1ccncc1. The summed E-state index contributed by atoms with van der Waals surface area (Å²) < 4.78 is 85.4. The first-order chi connectivity index (χ1) is 52.6. The van der Waals surface area contributed by atoms with E-state index in [2.05, 4.69) is 36.0 Å². The topological polar surface area (TPSA) is 441 Å². The number of carbonyl (C=O) groups is 6. The number of rotatable bonds is 22. The van der Waals surface area contributed by atoms with Gasteiger partial charge in [-0.05, 0) is 144 Å². The maximum atomic E-state index is 12.0. The van der Waals surface area contributed by atoms with Crippen LogP contribution in [0.1, 0.15) is 83.5 Å². The molecule has 0 amide bonds. The Morgan fingerprint density at radius 1 is 0.554 bits per heavy atom. The molecule has 0 unspecified atom stereocenters. The number of anilines is 1. The quantitative estimate of drug-likeness (QED) is 0.00781. The number of esters is 6. The zero-order valence-corrected chi connectivity index (χ0v) is 73.1. The van der Waals surface area contributed by atoms with Crippen molar-refractivity contribution in [2.45, 2.75) is 67.7 Å². The molecule has 0 atom stereocenters. The first-order valence-corrected chi connectivity index (χ1v) is 42.0. The third kappa shape index (κ3) is 32.2. The third-order valence-corrected chi connectivity index (χ3v) is 19.5. The van der Waals surface area contributed by atoms with Crippen LogP contribution in [0.5, 0.6) is 0 Å². The molecule has 10 aromatic heterocycles. The van der Waals surface area contributed by atoms with E-state index in [0.717, 1.165) is 38.7 Å². The second kappa shape index (κ2) is 55.4. The molecule has 10 rings (SSSR count). The van der Waals surface area contributed by atoms with E-state index >= 15 is 0 Å². The number of carbonyl (C=O) groups excluding carboxylic acids is 6. The van der Waals surface area contributed by atoms with Crippen molar-refractivity contribution in [2.75, 3.05) is 88.2 Å². The van der Waals surface area contributed by atoms with E-state index in [1.165, 1.54) is 56.4 Å². The van der Waals surface area contributed by atoms with Crippen LogP contribution in [0.3, 0.4) is 0 Å². The van der Waals surface area contributed by atoms with Gasteiger partial charge in [-0.25, -0.2) is 40.8 Å². The van der Waals surface area contributed by atoms with Crippen LogP contribution >= 0.6 is 63.0 Å². The summed E-state index contributed by atoms with van der Waals surface area (Å²) in [6.45, 7) is 12.5. The Kier molecular flexibility index (Phi) is 50.9. The molecule has 0 spiro atoms. The van der Waals surface area contributed by atoms with E-state index in [4.69, 9.17) is 39.5 Å². The summed E-state index contributed by atoms with van der Waals surface area (Å²) >= 11 is 8.57. The minimum absolute atomic E-state index is 0. The van der Waals surface area contributed by atoms with E-state index in [9.17, 15) is 65.5 Å². The number of aromatic nitrogens is 6. The zero-order valence-electron chi connectivity index (χ0n) is 63.1. The second-order valence-electron chi connectivity index (χ2n) is 20.4. The summed E-state index contributed by atoms with van der Waals surface area (Å²) in [6.07, 6.45) is 24.1. The van der Waals surface area contributed by atoms with Crippen molar-refractivity contribution in [3.8, 4) is 0 Å². The summed E-state index contributed by atoms with van der Waals surface area (Å²) in [5.41, 5.74) is 8.95. The van der Waals surface area contributed by atoms with Crippen LogP contribution in [-0.2, 0) is 64.2 Å². The van der Waals surface area contributed by atoms with Crippen LogP contribution in [-0.4, -0.2) is 163 Å². The van der Waals surface area contributed by atoms with Crippen LogP contribution < -0.4 is 56.8 Å². The maximum Gasteiger partial charge on any atom is 1.00 e. The van der Waals surface area contributed by atoms with Gasteiger partial charge in [0.25, 0.3) is 6.20 Å². The van der Waals surface area contributed by atoms with E-state index in [0.29, 0.717) is 52.5 Å². The molecule has 0 radical (unpaired) electrons. The summed E-state index contributed by atoms with van der Waals surface area (Å²) in [6, 6.07) is 34.3. The fourth-order valence-corrected chi connectivity index (χ4v) is 13.8. The molecular weight excluding hydrogens is 1720 g/mol. The van der Waals surface area contributed by atoms with Gasteiger partial charge in [0.1, 0.15) is 36.4 Å². The minimum atomic E-state index is -3.82. The molecule has 0 aromatic carbocycles. The summed E-state index contributed by atoms with van der Waals surface area (Å²) in [5.74, 6) is -2.64. The van der Waals surface area contributed by atoms with Gasteiger partial charge in [0.05, 0.1) is 71.7 Å². The standard InChI is InChI=1S/C12H12N2O5S.C12H14N2O4S.C12H12N2O3S.C12H13NO2S.C9H12NO2.C5H5N.C4H7BrO2.C4H7NO2S2.BrH.HNO2.Na/c1-3-19-12(15)10-11(20(2,17)18)9(13-16)8-6-4-5-7-14(8)10;1-3-18-12(15)10-11(19(2,16)17)9(13)8-6-4-5-7-14(8)10;1-3-17-12(15)10-11(18-2)9(13-16)8-6-4-5-7-14(8)10;1-3-15-12(14)11-10(16-2)8-9-6-4-5-7-13(9)11;1-2-12-9(11)8-10-6-4-3-5-7-10;1-2-4-6-5-3-1;1-2-7-4(6)3-5;1-8-4(9-2)3-5(6)7;;2-1-3;/h4-7H,3H2,1-2H3;4-7H,3,13H2,1-2H3;4-7H,3H2,1-2H3;4-8H,3H2,1-2H3;3-7H,2,8H2,1H3;1-5H;2-3H2,1H3;3H,1-2H3;1H;(H,2,3);/q;;;;+1;;;;;;+1/p-2. The third-order valence-electron chi connectivity index (χ3n) is 13.2. The van der Waals surface area contributed by atoms with Crippen LogP contribution in [0.2, 0.25) is 0 Å². The molecular formula is C70H82Br2N11NaO22S6. The normalized spacial score (nSPS) is 10.0. The van der Waals surface area contributed by atoms with Gasteiger partial charge in [-0.1, -0.05) is 52.3 Å². The molecule has 0 bridgehead atoms. The fraction of sp³-hybridized carbons (Fsp3) is 0.286. The molecule has 42 heteroatoms. The van der Waals surface area contributed by atoms with E-state index in [-0.39, 0.29) is 130 Å². The molecule has 0 saturated carbocycles. The number of thioether (sulfide) groups is 4. The van der Waals surface area contributed by atoms with Gasteiger partial charge in [-0.3, -0.25) is 19.9 Å². The molecule has 112 heavy (non-hydrogen) atoms. The Bertz CT molecular complexity index is 4930. The van der Waals surface area contributed by atoms with Crippen molar-refractivity contribution < 1.29 is 130 Å². The number of sulfone groups is 2. The Morgan fingerprint density at radius 2 is 0.946 bits per heavy atom. The van der Waals surface area contributed by atoms with Gasteiger partial charge in [0.2, 0.25) is 6.54 Å². The Balaban J connectivity index is 0.00000128. The number of hydrogen-bond acceptors (Lipinski definition) is 31. The molecule has 0 saturated heterocycles. The number of nitro groups is 1. The van der Waals surface area contributed by atoms with Gasteiger partial charge in [-0.15, -0.1) is 62.2 Å². The van der Waals surface area contributed by atoms with Crippen molar-refractivity contribution in [2.24, 2.45) is 15.7 Å². The average molecular weight is 1800 g/mol. The molecule has 2 N–H and O–H groups in total. The number of nitroso groups, excluding NO2 is 2. The van der Waals surface area contributed by atoms with E-state index in [1.54, 1.807) is 135 Å². The first kappa shape index (κ1) is 103. The van der Waals surface area contributed by atoms with Gasteiger partial charge in [0.15, 0.2) is 49.1 Å². The van der Waals surface area contributed by atoms with Crippen molar-refractivity contribution in [1.82, 2.24) is 22.6 Å². The maximum absolute atomic E-state index is 12.0. The number of pyridine rings is 6. The van der Waals surface area contributed by atoms with Crippen LogP contribution in [0.4, 0.5) is 17.1 Å². The number of nitrogens with zero attached hydrogens (tertiary/aromatic N) is 10. The van der Waals surface area contributed by atoms with E-state index < -0.39 is 47.4 Å². The van der Waals surface area contributed by atoms with Crippen LogP contribution in [0.15, 0.2) is 211 Å². The predicted molar refractivity (Wildman–Crippen MR) is 428 cm³/mol. The number of fused-ring (bicyclic) bond motifs is 4. The zero-order chi connectivity index (χ0) is 82.5. The Hall–Kier alpha value is -9.04. The number of halogens is 2. The van der Waals surface area contributed by atoms with Gasteiger partial charge in [-0.2, -0.15) is 4.57 Å². The molecule has 0 aliphatic rings. The van der Waals surface area contributed by atoms with Crippen molar-refractivity contribution in [1.29, 1.82) is 0 Å².